The predicted molar refractivity (Wildman–Crippen MR) is 57.6 cm³/mol. The zero-order valence-electron chi connectivity index (χ0n) is 9.18. The molecule has 0 aliphatic carbocycles. The summed E-state index contributed by atoms with van der Waals surface area (Å²) in [4.78, 5) is 11.8. The van der Waals surface area contributed by atoms with Crippen LogP contribution in [-0.2, 0) is 9.53 Å². The lowest BCUT2D eigenvalue weighted by atomic mass is 10.0. The number of carbonyl (C=O) groups is 1. The molecule has 0 radical (unpaired) electrons. The molecule has 3 N–H and O–H groups in total. The zero-order chi connectivity index (χ0) is 11.5. The maximum absolute atomic E-state index is 11.8. The van der Waals surface area contributed by atoms with Crippen LogP contribution in [0.25, 0.3) is 0 Å². The summed E-state index contributed by atoms with van der Waals surface area (Å²) in [5.41, 5.74) is 5.77. The first-order chi connectivity index (χ1) is 7.68. The van der Waals surface area contributed by atoms with Gasteiger partial charge in [0.15, 0.2) is 0 Å². The number of hydrogen-bond acceptors (Lipinski definition) is 4. The molecule has 3 atom stereocenters. The van der Waals surface area contributed by atoms with Gasteiger partial charge in [-0.25, -0.2) is 0 Å². The van der Waals surface area contributed by atoms with Gasteiger partial charge in [0.2, 0.25) is 5.91 Å². The first kappa shape index (κ1) is 11.2. The fourth-order valence-corrected chi connectivity index (χ4v) is 1.77. The maximum Gasteiger partial charge on any atom is 0.227 e. The standard InChI is InChI=1S/C11H16N2O3/c1-7(10-3-2-4-16-10)13-11(14)8-5-15-6-9(8)12/h2-4,7-9H,5-6,12H2,1H3,(H,13,14). The molecule has 0 aromatic carbocycles. The number of amides is 1. The van der Waals surface area contributed by atoms with Crippen LogP contribution in [0.5, 0.6) is 0 Å². The third-order valence-corrected chi connectivity index (χ3v) is 2.79. The van der Waals surface area contributed by atoms with Crippen molar-refractivity contribution in [2.45, 2.75) is 19.0 Å². The first-order valence-electron chi connectivity index (χ1n) is 5.35. The van der Waals surface area contributed by atoms with E-state index < -0.39 is 0 Å². The van der Waals surface area contributed by atoms with Crippen molar-refractivity contribution in [1.82, 2.24) is 5.32 Å². The Morgan fingerprint density at radius 2 is 2.44 bits per heavy atom. The lowest BCUT2D eigenvalue weighted by Crippen LogP contribution is -2.41. The van der Waals surface area contributed by atoms with Gasteiger partial charge in [-0.15, -0.1) is 0 Å². The molecule has 3 unspecified atom stereocenters. The fourth-order valence-electron chi connectivity index (χ4n) is 1.77. The third kappa shape index (κ3) is 2.25. The number of rotatable bonds is 3. The van der Waals surface area contributed by atoms with Gasteiger partial charge < -0.3 is 20.2 Å². The summed E-state index contributed by atoms with van der Waals surface area (Å²) in [5.74, 6) is 0.409. The second-order valence-corrected chi connectivity index (χ2v) is 4.05. The van der Waals surface area contributed by atoms with Gasteiger partial charge in [-0.1, -0.05) is 0 Å². The van der Waals surface area contributed by atoms with E-state index in [1.165, 1.54) is 0 Å². The number of ether oxygens (including phenoxy) is 1. The normalized spacial score (nSPS) is 26.6. The van der Waals surface area contributed by atoms with Crippen LogP contribution in [0.1, 0.15) is 18.7 Å². The van der Waals surface area contributed by atoms with Crippen LogP contribution >= 0.6 is 0 Å². The summed E-state index contributed by atoms with van der Waals surface area (Å²) in [6.07, 6.45) is 1.59. The van der Waals surface area contributed by atoms with E-state index in [9.17, 15) is 4.79 Å². The lowest BCUT2D eigenvalue weighted by molar-refractivity contribution is -0.126. The van der Waals surface area contributed by atoms with E-state index in [1.807, 2.05) is 13.0 Å². The first-order valence-corrected chi connectivity index (χ1v) is 5.35. The van der Waals surface area contributed by atoms with Crippen molar-refractivity contribution in [3.05, 3.63) is 24.2 Å². The Kier molecular flexibility index (Phi) is 3.26. The maximum atomic E-state index is 11.8. The van der Waals surface area contributed by atoms with Crippen LogP contribution in [0, 0.1) is 5.92 Å². The SMILES string of the molecule is CC(NC(=O)C1COCC1N)c1ccco1. The molecular formula is C11H16N2O3. The minimum absolute atomic E-state index is 0.0751. The van der Waals surface area contributed by atoms with E-state index in [1.54, 1.807) is 12.3 Å². The number of furan rings is 1. The molecule has 16 heavy (non-hydrogen) atoms. The molecule has 5 nitrogen and oxygen atoms in total. The van der Waals surface area contributed by atoms with Gasteiger partial charge in [0.25, 0.3) is 0 Å². The van der Waals surface area contributed by atoms with Crippen molar-refractivity contribution in [1.29, 1.82) is 0 Å². The van der Waals surface area contributed by atoms with Gasteiger partial charge >= 0.3 is 0 Å². The van der Waals surface area contributed by atoms with E-state index in [0.29, 0.717) is 13.2 Å². The van der Waals surface area contributed by atoms with Crippen LogP contribution in [-0.4, -0.2) is 25.2 Å². The Morgan fingerprint density at radius 1 is 1.62 bits per heavy atom. The Labute approximate surface area is 93.9 Å². The number of hydrogen-bond donors (Lipinski definition) is 2. The molecule has 1 saturated heterocycles. The van der Waals surface area contributed by atoms with E-state index in [-0.39, 0.29) is 23.9 Å². The molecule has 88 valence electrons. The van der Waals surface area contributed by atoms with E-state index in [2.05, 4.69) is 5.32 Å². The van der Waals surface area contributed by atoms with Gasteiger partial charge in [0.1, 0.15) is 5.76 Å². The monoisotopic (exact) mass is 224 g/mol. The number of nitrogens with one attached hydrogen (secondary N) is 1. The van der Waals surface area contributed by atoms with Gasteiger partial charge in [0, 0.05) is 6.04 Å². The van der Waals surface area contributed by atoms with E-state index in [4.69, 9.17) is 14.9 Å². The highest BCUT2D eigenvalue weighted by Gasteiger charge is 2.32. The number of carbonyl (C=O) groups excluding carboxylic acids is 1. The fraction of sp³-hybridized carbons (Fsp3) is 0.545. The molecule has 0 bridgehead atoms. The molecule has 2 rings (SSSR count). The second-order valence-electron chi connectivity index (χ2n) is 4.05. The minimum Gasteiger partial charge on any atom is -0.467 e. The smallest absolute Gasteiger partial charge is 0.227 e. The van der Waals surface area contributed by atoms with Crippen LogP contribution in [0.2, 0.25) is 0 Å². The summed E-state index contributed by atoms with van der Waals surface area (Å²) in [5, 5.41) is 2.86. The summed E-state index contributed by atoms with van der Waals surface area (Å²) in [6, 6.07) is 3.28. The summed E-state index contributed by atoms with van der Waals surface area (Å²) in [7, 11) is 0. The average molecular weight is 224 g/mol. The zero-order valence-corrected chi connectivity index (χ0v) is 9.18. The average Bonchev–Trinajstić information content (AvgIpc) is 2.86. The highest BCUT2D eigenvalue weighted by molar-refractivity contribution is 5.80. The van der Waals surface area contributed by atoms with Gasteiger partial charge in [0.05, 0.1) is 31.4 Å². The van der Waals surface area contributed by atoms with Crippen molar-refractivity contribution in [2.75, 3.05) is 13.2 Å². The molecule has 5 heteroatoms. The quantitative estimate of drug-likeness (QED) is 0.780. The van der Waals surface area contributed by atoms with E-state index in [0.717, 1.165) is 5.76 Å². The molecular weight excluding hydrogens is 208 g/mol. The van der Waals surface area contributed by atoms with E-state index >= 15 is 0 Å². The molecule has 0 saturated carbocycles. The Morgan fingerprint density at radius 3 is 3.00 bits per heavy atom. The van der Waals surface area contributed by atoms with Crippen LogP contribution in [0.15, 0.2) is 22.8 Å². The van der Waals surface area contributed by atoms with Gasteiger partial charge in [-0.2, -0.15) is 0 Å². The summed E-state index contributed by atoms with van der Waals surface area (Å²) < 4.78 is 10.4. The third-order valence-electron chi connectivity index (χ3n) is 2.79. The minimum atomic E-state index is -0.252. The predicted octanol–water partition coefficient (Wildman–Crippen LogP) is 0.431. The molecule has 1 aromatic rings. The summed E-state index contributed by atoms with van der Waals surface area (Å²) in [6.45, 7) is 2.73. The summed E-state index contributed by atoms with van der Waals surface area (Å²) >= 11 is 0. The highest BCUT2D eigenvalue weighted by Crippen LogP contribution is 2.16. The van der Waals surface area contributed by atoms with Crippen molar-refractivity contribution in [3.63, 3.8) is 0 Å². The molecule has 1 aliphatic heterocycles. The topological polar surface area (TPSA) is 77.5 Å². The molecule has 2 heterocycles. The second kappa shape index (κ2) is 4.67. The van der Waals surface area contributed by atoms with Crippen molar-refractivity contribution < 1.29 is 13.9 Å². The van der Waals surface area contributed by atoms with Crippen LogP contribution in [0.4, 0.5) is 0 Å². The lowest BCUT2D eigenvalue weighted by Gasteiger charge is -2.16. The van der Waals surface area contributed by atoms with Crippen LogP contribution < -0.4 is 11.1 Å². The van der Waals surface area contributed by atoms with Crippen molar-refractivity contribution in [2.24, 2.45) is 11.7 Å². The Bertz CT molecular complexity index is 350. The molecule has 1 fully saturated rings. The van der Waals surface area contributed by atoms with Crippen molar-refractivity contribution in [3.8, 4) is 0 Å². The molecule has 1 amide bonds. The Balaban J connectivity index is 1.92. The number of nitrogens with two attached hydrogens (primary N) is 1. The molecule has 1 aliphatic rings. The molecule has 1 aromatic heterocycles. The van der Waals surface area contributed by atoms with Crippen LogP contribution in [0.3, 0.4) is 0 Å². The highest BCUT2D eigenvalue weighted by atomic mass is 16.5. The largest absolute Gasteiger partial charge is 0.467 e. The Hall–Kier alpha value is -1.33. The van der Waals surface area contributed by atoms with Gasteiger partial charge in [-0.05, 0) is 19.1 Å². The van der Waals surface area contributed by atoms with Gasteiger partial charge in [-0.3, -0.25) is 4.79 Å². The molecule has 0 spiro atoms. The van der Waals surface area contributed by atoms with Crippen molar-refractivity contribution >= 4 is 5.91 Å².